The molecule has 0 aliphatic heterocycles. The summed E-state index contributed by atoms with van der Waals surface area (Å²) in [6, 6.07) is 14.1. The Morgan fingerprint density at radius 3 is 2.71 bits per heavy atom. The molecule has 5 aromatic rings. The summed E-state index contributed by atoms with van der Waals surface area (Å²) in [5, 5.41) is 9.47. The summed E-state index contributed by atoms with van der Waals surface area (Å²) in [6.45, 7) is 4.81. The van der Waals surface area contributed by atoms with Crippen LogP contribution in [-0.4, -0.2) is 36.6 Å². The van der Waals surface area contributed by atoms with Crippen LogP contribution in [0.1, 0.15) is 16.8 Å². The first kappa shape index (κ1) is 19.0. The van der Waals surface area contributed by atoms with Crippen molar-refractivity contribution in [2.45, 2.75) is 20.4 Å². The van der Waals surface area contributed by atoms with Gasteiger partial charge in [0.2, 0.25) is 0 Å². The van der Waals surface area contributed by atoms with Crippen molar-refractivity contribution in [3.8, 4) is 22.7 Å². The molecule has 7 nitrogen and oxygen atoms in total. The minimum atomic E-state index is 0.595. The Labute approximate surface area is 180 Å². The van der Waals surface area contributed by atoms with Gasteiger partial charge in [0, 0.05) is 24.0 Å². The Morgan fingerprint density at radius 1 is 1.00 bits per heavy atom. The van der Waals surface area contributed by atoms with Crippen LogP contribution < -0.4 is 4.74 Å². The Hall–Kier alpha value is -4.00. The van der Waals surface area contributed by atoms with Crippen LogP contribution >= 0.6 is 0 Å². The summed E-state index contributed by atoms with van der Waals surface area (Å²) in [7, 11) is 1.64. The van der Waals surface area contributed by atoms with Gasteiger partial charge in [-0.1, -0.05) is 18.2 Å². The standard InChI is InChI=1S/C24H22N6O/c1-16-7-6-9-21(17(16)2)30-22-11-20(31-3)13-26-24(22)23(28-30)18-12-27-29(14-18)15-19-8-4-5-10-25-19/h4-14H,15H2,1-3H3. The van der Waals surface area contributed by atoms with Gasteiger partial charge in [-0.05, 0) is 43.2 Å². The van der Waals surface area contributed by atoms with Crippen LogP contribution in [0.4, 0.5) is 0 Å². The van der Waals surface area contributed by atoms with E-state index in [2.05, 4.69) is 41.0 Å². The van der Waals surface area contributed by atoms with Crippen LogP contribution in [0.25, 0.3) is 28.0 Å². The number of benzene rings is 1. The van der Waals surface area contributed by atoms with Crippen molar-refractivity contribution >= 4 is 11.0 Å². The molecule has 4 aromatic heterocycles. The Balaban J connectivity index is 1.64. The summed E-state index contributed by atoms with van der Waals surface area (Å²) < 4.78 is 9.23. The van der Waals surface area contributed by atoms with E-state index < -0.39 is 0 Å². The van der Waals surface area contributed by atoms with Gasteiger partial charge in [0.15, 0.2) is 0 Å². The van der Waals surface area contributed by atoms with Crippen LogP contribution in [0, 0.1) is 13.8 Å². The number of hydrogen-bond donors (Lipinski definition) is 0. The first-order chi connectivity index (χ1) is 15.1. The normalized spacial score (nSPS) is 11.2. The van der Waals surface area contributed by atoms with Gasteiger partial charge < -0.3 is 4.74 Å². The average Bonchev–Trinajstić information content (AvgIpc) is 3.40. The molecule has 0 fully saturated rings. The van der Waals surface area contributed by atoms with Gasteiger partial charge in [0.1, 0.15) is 17.0 Å². The van der Waals surface area contributed by atoms with E-state index in [4.69, 9.17) is 9.84 Å². The second kappa shape index (κ2) is 7.68. The lowest BCUT2D eigenvalue weighted by Gasteiger charge is -2.10. The second-order valence-electron chi connectivity index (χ2n) is 7.47. The van der Waals surface area contributed by atoms with Crippen molar-refractivity contribution in [2.75, 3.05) is 7.11 Å². The zero-order chi connectivity index (χ0) is 21.4. The molecular weight excluding hydrogens is 388 g/mol. The van der Waals surface area contributed by atoms with E-state index in [0.717, 1.165) is 33.7 Å². The highest BCUT2D eigenvalue weighted by Crippen LogP contribution is 2.31. The quantitative estimate of drug-likeness (QED) is 0.431. The molecular formula is C24H22N6O. The maximum absolute atomic E-state index is 5.43. The summed E-state index contributed by atoms with van der Waals surface area (Å²) in [5.74, 6) is 0.691. The van der Waals surface area contributed by atoms with Gasteiger partial charge in [-0.2, -0.15) is 10.2 Å². The first-order valence-corrected chi connectivity index (χ1v) is 10.1. The summed E-state index contributed by atoms with van der Waals surface area (Å²) in [6.07, 6.45) is 7.32. The van der Waals surface area contributed by atoms with Crippen LogP contribution in [0.15, 0.2) is 67.3 Å². The molecule has 0 spiro atoms. The van der Waals surface area contributed by atoms with Crippen molar-refractivity contribution in [3.05, 3.63) is 84.1 Å². The third kappa shape index (κ3) is 3.44. The highest BCUT2D eigenvalue weighted by atomic mass is 16.5. The molecule has 154 valence electrons. The zero-order valence-electron chi connectivity index (χ0n) is 17.6. The number of aromatic nitrogens is 6. The minimum absolute atomic E-state index is 0.595. The molecule has 0 amide bonds. The molecule has 1 aromatic carbocycles. The fourth-order valence-corrected chi connectivity index (χ4v) is 3.66. The second-order valence-corrected chi connectivity index (χ2v) is 7.47. The summed E-state index contributed by atoms with van der Waals surface area (Å²) >= 11 is 0. The number of hydrogen-bond acceptors (Lipinski definition) is 5. The predicted molar refractivity (Wildman–Crippen MR) is 119 cm³/mol. The van der Waals surface area contributed by atoms with E-state index in [1.54, 1.807) is 19.5 Å². The molecule has 0 bridgehead atoms. The molecule has 0 radical (unpaired) electrons. The molecule has 5 rings (SSSR count). The van der Waals surface area contributed by atoms with E-state index >= 15 is 0 Å². The Bertz CT molecular complexity index is 1370. The van der Waals surface area contributed by atoms with Crippen molar-refractivity contribution < 1.29 is 4.74 Å². The van der Waals surface area contributed by atoms with Crippen LogP contribution in [0.2, 0.25) is 0 Å². The van der Waals surface area contributed by atoms with Crippen LogP contribution in [0.3, 0.4) is 0 Å². The molecule has 0 aliphatic rings. The Kier molecular flexibility index (Phi) is 4.71. The van der Waals surface area contributed by atoms with E-state index in [9.17, 15) is 0 Å². The predicted octanol–water partition coefficient (Wildman–Crippen LogP) is 4.35. The van der Waals surface area contributed by atoms with Crippen molar-refractivity contribution in [3.63, 3.8) is 0 Å². The number of ether oxygens (including phenoxy) is 1. The molecule has 0 unspecified atom stereocenters. The third-order valence-corrected chi connectivity index (χ3v) is 5.49. The fourth-order valence-electron chi connectivity index (χ4n) is 3.66. The smallest absolute Gasteiger partial charge is 0.139 e. The number of methoxy groups -OCH3 is 1. The lowest BCUT2D eigenvalue weighted by atomic mass is 10.1. The SMILES string of the molecule is COc1cnc2c(-c3cnn(Cc4ccccn4)c3)nn(-c3cccc(C)c3C)c2c1. The first-order valence-electron chi connectivity index (χ1n) is 10.1. The van der Waals surface area contributed by atoms with Gasteiger partial charge >= 0.3 is 0 Å². The average molecular weight is 410 g/mol. The van der Waals surface area contributed by atoms with E-state index in [1.807, 2.05) is 52.1 Å². The number of aryl methyl sites for hydroxylation is 1. The largest absolute Gasteiger partial charge is 0.495 e. The van der Waals surface area contributed by atoms with E-state index in [0.29, 0.717) is 12.3 Å². The minimum Gasteiger partial charge on any atom is -0.495 e. The molecule has 0 saturated carbocycles. The van der Waals surface area contributed by atoms with Crippen molar-refractivity contribution in [2.24, 2.45) is 0 Å². The van der Waals surface area contributed by atoms with Crippen LogP contribution in [0.5, 0.6) is 5.75 Å². The maximum Gasteiger partial charge on any atom is 0.139 e. The highest BCUT2D eigenvalue weighted by Gasteiger charge is 2.18. The van der Waals surface area contributed by atoms with Crippen molar-refractivity contribution in [1.82, 2.24) is 29.5 Å². The van der Waals surface area contributed by atoms with Crippen molar-refractivity contribution in [1.29, 1.82) is 0 Å². The molecule has 0 saturated heterocycles. The summed E-state index contributed by atoms with van der Waals surface area (Å²) in [5.41, 5.74) is 7.74. The number of nitrogens with zero attached hydrogens (tertiary/aromatic N) is 6. The lowest BCUT2D eigenvalue weighted by Crippen LogP contribution is -2.01. The monoisotopic (exact) mass is 410 g/mol. The third-order valence-electron chi connectivity index (χ3n) is 5.49. The maximum atomic E-state index is 5.43. The summed E-state index contributed by atoms with van der Waals surface area (Å²) in [4.78, 5) is 9.04. The molecule has 7 heteroatoms. The zero-order valence-corrected chi connectivity index (χ0v) is 17.6. The number of fused-ring (bicyclic) bond motifs is 1. The molecule has 0 atom stereocenters. The molecule has 0 N–H and O–H groups in total. The lowest BCUT2D eigenvalue weighted by molar-refractivity contribution is 0.413. The Morgan fingerprint density at radius 2 is 1.90 bits per heavy atom. The van der Waals surface area contributed by atoms with Gasteiger partial charge in [-0.25, -0.2) is 9.67 Å². The van der Waals surface area contributed by atoms with Gasteiger partial charge in [0.25, 0.3) is 0 Å². The molecule has 0 aliphatic carbocycles. The molecule has 31 heavy (non-hydrogen) atoms. The van der Waals surface area contributed by atoms with Gasteiger partial charge in [0.05, 0.1) is 42.9 Å². The molecule has 4 heterocycles. The van der Waals surface area contributed by atoms with Crippen LogP contribution in [-0.2, 0) is 6.54 Å². The number of rotatable bonds is 5. The van der Waals surface area contributed by atoms with Gasteiger partial charge in [-0.15, -0.1) is 0 Å². The van der Waals surface area contributed by atoms with E-state index in [1.165, 1.54) is 11.1 Å². The topological polar surface area (TPSA) is 70.7 Å². The van der Waals surface area contributed by atoms with Gasteiger partial charge in [-0.3, -0.25) is 9.67 Å². The fraction of sp³-hybridized carbons (Fsp3) is 0.167. The number of pyridine rings is 2. The highest BCUT2D eigenvalue weighted by molar-refractivity contribution is 5.91. The van der Waals surface area contributed by atoms with E-state index in [-0.39, 0.29) is 0 Å².